The van der Waals surface area contributed by atoms with Gasteiger partial charge in [0.15, 0.2) is 0 Å². The van der Waals surface area contributed by atoms with Crippen molar-refractivity contribution in [2.45, 2.75) is 25.3 Å². The van der Waals surface area contributed by atoms with Crippen LogP contribution in [0.5, 0.6) is 11.5 Å². The van der Waals surface area contributed by atoms with E-state index >= 15 is 0 Å². The Morgan fingerprint density at radius 1 is 0.952 bits per heavy atom. The number of rotatable bonds is 3. The number of ether oxygens (including phenoxy) is 2. The van der Waals surface area contributed by atoms with E-state index in [1.165, 1.54) is 43.7 Å². The molecule has 0 unspecified atom stereocenters. The molecule has 2 aliphatic rings. The minimum absolute atomic E-state index is 0.646. The fourth-order valence-electron chi connectivity index (χ4n) is 3.68. The van der Waals surface area contributed by atoms with Crippen LogP contribution in [0.25, 0.3) is 0 Å². The quantitative estimate of drug-likeness (QED) is 0.847. The Labute approximate surface area is 127 Å². The summed E-state index contributed by atoms with van der Waals surface area (Å²) in [6.45, 7) is 4.72. The highest BCUT2D eigenvalue weighted by atomic mass is 16.5. The zero-order valence-electron chi connectivity index (χ0n) is 13.4. The van der Waals surface area contributed by atoms with E-state index in [0.717, 1.165) is 24.3 Å². The lowest BCUT2D eigenvalue weighted by atomic mass is 9.86. The van der Waals surface area contributed by atoms with Gasteiger partial charge in [0, 0.05) is 43.3 Å². The molecule has 4 nitrogen and oxygen atoms in total. The van der Waals surface area contributed by atoms with Gasteiger partial charge in [-0.1, -0.05) is 0 Å². The summed E-state index contributed by atoms with van der Waals surface area (Å²) < 4.78 is 11.1. The first kappa shape index (κ1) is 14.7. The summed E-state index contributed by atoms with van der Waals surface area (Å²) in [4.78, 5) is 5.07. The molecule has 21 heavy (non-hydrogen) atoms. The van der Waals surface area contributed by atoms with Crippen LogP contribution >= 0.6 is 0 Å². The second-order valence-corrected chi connectivity index (χ2v) is 6.16. The van der Waals surface area contributed by atoms with Gasteiger partial charge >= 0.3 is 0 Å². The largest absolute Gasteiger partial charge is 0.496 e. The summed E-state index contributed by atoms with van der Waals surface area (Å²) >= 11 is 0. The van der Waals surface area contributed by atoms with Crippen molar-refractivity contribution < 1.29 is 9.47 Å². The van der Waals surface area contributed by atoms with E-state index in [-0.39, 0.29) is 0 Å². The number of likely N-dealkylation sites (N-methyl/N-ethyl adjacent to an activating group) is 1. The minimum atomic E-state index is 0.646. The van der Waals surface area contributed by atoms with Gasteiger partial charge < -0.3 is 14.4 Å². The van der Waals surface area contributed by atoms with Gasteiger partial charge in [0.2, 0.25) is 0 Å². The summed E-state index contributed by atoms with van der Waals surface area (Å²) in [5.74, 6) is 2.03. The van der Waals surface area contributed by atoms with Gasteiger partial charge in [0.05, 0.1) is 14.2 Å². The average Bonchev–Trinajstić information content (AvgIpc) is 2.54. The minimum Gasteiger partial charge on any atom is -0.496 e. The van der Waals surface area contributed by atoms with Gasteiger partial charge in [-0.2, -0.15) is 0 Å². The third kappa shape index (κ3) is 2.87. The smallest absolute Gasteiger partial charge is 0.122 e. The Bertz CT molecular complexity index is 496. The van der Waals surface area contributed by atoms with Gasteiger partial charge in [-0.15, -0.1) is 0 Å². The summed E-state index contributed by atoms with van der Waals surface area (Å²) in [7, 11) is 5.73. The number of hydrogen-bond donors (Lipinski definition) is 0. The van der Waals surface area contributed by atoms with Crippen molar-refractivity contribution in [2.24, 2.45) is 0 Å². The first-order chi connectivity index (χ1) is 10.2. The maximum Gasteiger partial charge on any atom is 0.122 e. The molecule has 0 spiro atoms. The van der Waals surface area contributed by atoms with Crippen molar-refractivity contribution >= 4 is 0 Å². The van der Waals surface area contributed by atoms with E-state index in [4.69, 9.17) is 9.47 Å². The van der Waals surface area contributed by atoms with Crippen molar-refractivity contribution in [1.29, 1.82) is 0 Å². The maximum absolute atomic E-state index is 5.58. The standard InChI is InChI=1S/C17H26N2O2/c1-18-8-10-19(11-9-18)13-4-5-14-15(12-13)17(21-3)7-6-16(14)20-2/h6-7,13H,4-5,8-12H2,1-3H3/t13-/m0/s1. The van der Waals surface area contributed by atoms with Gasteiger partial charge in [-0.05, 0) is 38.4 Å². The molecular formula is C17H26N2O2. The molecule has 0 saturated carbocycles. The zero-order valence-corrected chi connectivity index (χ0v) is 13.4. The predicted octanol–water partition coefficient (Wildman–Crippen LogP) is 1.81. The SMILES string of the molecule is COc1ccc(OC)c2c1CC[C@H](N1CCN(C)CC1)C2. The van der Waals surface area contributed by atoms with E-state index in [0.29, 0.717) is 6.04 Å². The number of methoxy groups -OCH3 is 2. The fourth-order valence-corrected chi connectivity index (χ4v) is 3.68. The van der Waals surface area contributed by atoms with Crippen LogP contribution in [0.3, 0.4) is 0 Å². The van der Waals surface area contributed by atoms with Crippen molar-refractivity contribution in [3.8, 4) is 11.5 Å². The average molecular weight is 290 g/mol. The maximum atomic E-state index is 5.58. The molecule has 0 radical (unpaired) electrons. The van der Waals surface area contributed by atoms with Crippen LogP contribution in [0.1, 0.15) is 17.5 Å². The summed E-state index contributed by atoms with van der Waals surface area (Å²) in [6, 6.07) is 4.73. The Morgan fingerprint density at radius 2 is 1.57 bits per heavy atom. The van der Waals surface area contributed by atoms with Crippen molar-refractivity contribution in [3.63, 3.8) is 0 Å². The van der Waals surface area contributed by atoms with E-state index in [2.05, 4.69) is 16.8 Å². The molecule has 1 fully saturated rings. The second kappa shape index (κ2) is 6.24. The van der Waals surface area contributed by atoms with Gasteiger partial charge in [0.25, 0.3) is 0 Å². The van der Waals surface area contributed by atoms with Crippen LogP contribution in [-0.2, 0) is 12.8 Å². The third-order valence-electron chi connectivity index (χ3n) is 5.01. The number of hydrogen-bond acceptors (Lipinski definition) is 4. The first-order valence-electron chi connectivity index (χ1n) is 7.88. The summed E-state index contributed by atoms with van der Waals surface area (Å²) in [5.41, 5.74) is 2.70. The molecule has 1 aromatic carbocycles. The van der Waals surface area contributed by atoms with Crippen molar-refractivity contribution in [3.05, 3.63) is 23.3 Å². The molecule has 0 amide bonds. The summed E-state index contributed by atoms with van der Waals surface area (Å²) in [6.07, 6.45) is 3.40. The highest BCUT2D eigenvalue weighted by molar-refractivity contribution is 5.50. The molecule has 0 N–H and O–H groups in total. The topological polar surface area (TPSA) is 24.9 Å². The monoisotopic (exact) mass is 290 g/mol. The van der Waals surface area contributed by atoms with E-state index in [9.17, 15) is 0 Å². The normalized spacial score (nSPS) is 23.7. The molecule has 116 valence electrons. The molecule has 0 bridgehead atoms. The summed E-state index contributed by atoms with van der Waals surface area (Å²) in [5, 5.41) is 0. The second-order valence-electron chi connectivity index (χ2n) is 6.16. The highest BCUT2D eigenvalue weighted by Crippen LogP contribution is 2.37. The fraction of sp³-hybridized carbons (Fsp3) is 0.647. The Balaban J connectivity index is 1.81. The van der Waals surface area contributed by atoms with Gasteiger partial charge in [-0.3, -0.25) is 4.90 Å². The number of piperazine rings is 1. The van der Waals surface area contributed by atoms with E-state index < -0.39 is 0 Å². The lowest BCUT2D eigenvalue weighted by Gasteiger charge is -2.40. The molecule has 1 atom stereocenters. The van der Waals surface area contributed by atoms with Crippen LogP contribution in [0.2, 0.25) is 0 Å². The van der Waals surface area contributed by atoms with E-state index in [1.54, 1.807) is 14.2 Å². The lowest BCUT2D eigenvalue weighted by molar-refractivity contribution is 0.103. The zero-order chi connectivity index (χ0) is 14.8. The predicted molar refractivity (Wildman–Crippen MR) is 84.4 cm³/mol. The molecule has 1 aliphatic carbocycles. The highest BCUT2D eigenvalue weighted by Gasteiger charge is 2.29. The molecule has 3 rings (SSSR count). The van der Waals surface area contributed by atoms with Gasteiger partial charge in [-0.25, -0.2) is 0 Å². The lowest BCUT2D eigenvalue weighted by Crippen LogP contribution is -2.50. The Morgan fingerprint density at radius 3 is 2.19 bits per heavy atom. The molecule has 1 aliphatic heterocycles. The number of fused-ring (bicyclic) bond motifs is 1. The molecule has 0 aromatic heterocycles. The molecule has 4 heteroatoms. The van der Waals surface area contributed by atoms with Crippen LogP contribution in [0, 0.1) is 0 Å². The molecule has 1 heterocycles. The number of nitrogens with zero attached hydrogens (tertiary/aromatic N) is 2. The first-order valence-corrected chi connectivity index (χ1v) is 7.88. The number of benzene rings is 1. The Kier molecular flexibility index (Phi) is 4.36. The third-order valence-corrected chi connectivity index (χ3v) is 5.01. The van der Waals surface area contributed by atoms with Crippen LogP contribution in [-0.4, -0.2) is 63.3 Å². The van der Waals surface area contributed by atoms with Crippen molar-refractivity contribution in [2.75, 3.05) is 47.4 Å². The Hall–Kier alpha value is -1.26. The van der Waals surface area contributed by atoms with Crippen LogP contribution in [0.15, 0.2) is 12.1 Å². The van der Waals surface area contributed by atoms with E-state index in [1.807, 2.05) is 12.1 Å². The van der Waals surface area contributed by atoms with Crippen LogP contribution in [0.4, 0.5) is 0 Å². The van der Waals surface area contributed by atoms with Crippen molar-refractivity contribution in [1.82, 2.24) is 9.80 Å². The molecule has 1 aromatic rings. The molecule has 1 saturated heterocycles. The van der Waals surface area contributed by atoms with Gasteiger partial charge in [0.1, 0.15) is 11.5 Å². The molecular weight excluding hydrogens is 264 g/mol. The van der Waals surface area contributed by atoms with Crippen LogP contribution < -0.4 is 9.47 Å².